The predicted molar refractivity (Wildman–Crippen MR) is 75.2 cm³/mol. The lowest BCUT2D eigenvalue weighted by Gasteiger charge is -2.12. The zero-order chi connectivity index (χ0) is 15.6. The first kappa shape index (κ1) is 14.7. The summed E-state index contributed by atoms with van der Waals surface area (Å²) in [5, 5.41) is 20.0. The van der Waals surface area contributed by atoms with Crippen LogP contribution in [0.3, 0.4) is 0 Å². The van der Waals surface area contributed by atoms with Crippen LogP contribution in [0.5, 0.6) is 0 Å². The fourth-order valence-electron chi connectivity index (χ4n) is 1.70. The number of anilines is 1. The number of carboxylic acids is 2. The normalized spacial score (nSPS) is 12.0. The SMILES string of the molecule is Nc1nc2ccc(C(=O)NC(CC(=O)O)C(=O)O)cc2s1. The van der Waals surface area contributed by atoms with Crippen molar-refractivity contribution < 1.29 is 24.6 Å². The van der Waals surface area contributed by atoms with Gasteiger partial charge in [-0.1, -0.05) is 11.3 Å². The van der Waals surface area contributed by atoms with E-state index in [2.05, 4.69) is 10.3 Å². The van der Waals surface area contributed by atoms with Crippen molar-refractivity contribution >= 4 is 44.5 Å². The fraction of sp³-hybridized carbons (Fsp3) is 0.167. The maximum atomic E-state index is 12.0. The van der Waals surface area contributed by atoms with Crippen LogP contribution in [0.25, 0.3) is 10.2 Å². The molecule has 0 saturated heterocycles. The van der Waals surface area contributed by atoms with Crippen LogP contribution in [0.2, 0.25) is 0 Å². The number of nitrogen functional groups attached to an aromatic ring is 1. The average molecular weight is 309 g/mol. The number of benzene rings is 1. The number of thiazole rings is 1. The number of aromatic nitrogens is 1. The smallest absolute Gasteiger partial charge is 0.326 e. The number of amides is 1. The Morgan fingerprint density at radius 3 is 2.67 bits per heavy atom. The molecule has 21 heavy (non-hydrogen) atoms. The first-order valence-electron chi connectivity index (χ1n) is 5.78. The molecule has 2 rings (SSSR count). The third-order valence-electron chi connectivity index (χ3n) is 2.65. The van der Waals surface area contributed by atoms with Crippen LogP contribution in [0.1, 0.15) is 16.8 Å². The Labute approximate surface area is 122 Å². The number of fused-ring (bicyclic) bond motifs is 1. The van der Waals surface area contributed by atoms with Gasteiger partial charge >= 0.3 is 11.9 Å². The third-order valence-corrected chi connectivity index (χ3v) is 3.50. The standard InChI is InChI=1S/C12H11N3O5S/c13-12-15-6-2-1-5(3-8(6)21-12)10(18)14-7(11(19)20)4-9(16)17/h1-3,7H,4H2,(H2,13,15)(H,14,18)(H,16,17)(H,19,20). The molecule has 2 aromatic rings. The van der Waals surface area contributed by atoms with Crippen LogP contribution in [-0.4, -0.2) is 39.1 Å². The second kappa shape index (κ2) is 5.75. The first-order valence-corrected chi connectivity index (χ1v) is 6.60. The van der Waals surface area contributed by atoms with Gasteiger partial charge in [-0.05, 0) is 18.2 Å². The van der Waals surface area contributed by atoms with E-state index in [1.807, 2.05) is 0 Å². The topological polar surface area (TPSA) is 143 Å². The van der Waals surface area contributed by atoms with Crippen molar-refractivity contribution in [2.24, 2.45) is 0 Å². The van der Waals surface area contributed by atoms with Gasteiger partial charge in [0.25, 0.3) is 5.91 Å². The molecule has 8 nitrogen and oxygen atoms in total. The van der Waals surface area contributed by atoms with Crippen molar-refractivity contribution in [1.29, 1.82) is 0 Å². The van der Waals surface area contributed by atoms with Crippen molar-refractivity contribution in [2.45, 2.75) is 12.5 Å². The Morgan fingerprint density at radius 2 is 2.05 bits per heavy atom. The molecule has 0 saturated carbocycles. The van der Waals surface area contributed by atoms with Gasteiger partial charge in [0, 0.05) is 5.56 Å². The Hall–Kier alpha value is -2.68. The quantitative estimate of drug-likeness (QED) is 0.631. The number of aliphatic carboxylic acids is 2. The molecule has 1 heterocycles. The number of carbonyl (C=O) groups excluding carboxylic acids is 1. The summed E-state index contributed by atoms with van der Waals surface area (Å²) in [5.41, 5.74) is 6.40. The molecule has 0 aliphatic carbocycles. The lowest BCUT2D eigenvalue weighted by Crippen LogP contribution is -2.42. The van der Waals surface area contributed by atoms with Gasteiger partial charge in [0.15, 0.2) is 5.13 Å². The molecule has 110 valence electrons. The van der Waals surface area contributed by atoms with Gasteiger partial charge in [-0.15, -0.1) is 0 Å². The van der Waals surface area contributed by atoms with E-state index in [1.54, 1.807) is 6.07 Å². The van der Waals surface area contributed by atoms with Gasteiger partial charge < -0.3 is 21.3 Å². The fourth-order valence-corrected chi connectivity index (χ4v) is 2.47. The molecule has 5 N–H and O–H groups in total. The molecule has 1 amide bonds. The van der Waals surface area contributed by atoms with Crippen molar-refractivity contribution in [1.82, 2.24) is 10.3 Å². The number of carbonyl (C=O) groups is 3. The highest BCUT2D eigenvalue weighted by molar-refractivity contribution is 7.22. The Bertz CT molecular complexity index is 727. The average Bonchev–Trinajstić information content (AvgIpc) is 2.76. The minimum absolute atomic E-state index is 0.211. The summed E-state index contributed by atoms with van der Waals surface area (Å²) in [4.78, 5) is 37.5. The molecule has 0 bridgehead atoms. The van der Waals surface area contributed by atoms with Gasteiger partial charge in [-0.2, -0.15) is 0 Å². The van der Waals surface area contributed by atoms with E-state index in [9.17, 15) is 14.4 Å². The largest absolute Gasteiger partial charge is 0.481 e. The number of carboxylic acid groups (broad SMARTS) is 2. The molecule has 0 spiro atoms. The van der Waals surface area contributed by atoms with Gasteiger partial charge in [-0.3, -0.25) is 9.59 Å². The second-order valence-electron chi connectivity index (χ2n) is 4.20. The molecule has 0 radical (unpaired) electrons. The molecule has 0 fully saturated rings. The van der Waals surface area contributed by atoms with E-state index in [0.29, 0.717) is 15.3 Å². The third kappa shape index (κ3) is 3.45. The van der Waals surface area contributed by atoms with Crippen molar-refractivity contribution in [3.63, 3.8) is 0 Å². The molecule has 0 aliphatic rings. The number of hydrogen-bond acceptors (Lipinski definition) is 6. The summed E-state index contributed by atoms with van der Waals surface area (Å²) in [7, 11) is 0. The maximum absolute atomic E-state index is 12.0. The van der Waals surface area contributed by atoms with Crippen molar-refractivity contribution in [3.8, 4) is 0 Å². The molecule has 1 aromatic carbocycles. The minimum atomic E-state index is -1.49. The van der Waals surface area contributed by atoms with E-state index in [0.717, 1.165) is 0 Å². The zero-order valence-corrected chi connectivity index (χ0v) is 11.4. The van der Waals surface area contributed by atoms with Crippen LogP contribution in [0.15, 0.2) is 18.2 Å². The van der Waals surface area contributed by atoms with E-state index in [-0.39, 0.29) is 5.56 Å². The van der Waals surface area contributed by atoms with E-state index >= 15 is 0 Å². The van der Waals surface area contributed by atoms with Crippen LogP contribution < -0.4 is 11.1 Å². The summed E-state index contributed by atoms with van der Waals surface area (Å²) >= 11 is 1.20. The monoisotopic (exact) mass is 309 g/mol. The van der Waals surface area contributed by atoms with Crippen molar-refractivity contribution in [2.75, 3.05) is 5.73 Å². The highest BCUT2D eigenvalue weighted by Gasteiger charge is 2.23. The molecule has 1 aromatic heterocycles. The number of nitrogens with zero attached hydrogens (tertiary/aromatic N) is 1. The van der Waals surface area contributed by atoms with Crippen LogP contribution in [0.4, 0.5) is 5.13 Å². The summed E-state index contributed by atoms with van der Waals surface area (Å²) in [6.45, 7) is 0. The summed E-state index contributed by atoms with van der Waals surface area (Å²) < 4.78 is 0.685. The van der Waals surface area contributed by atoms with Gasteiger partial charge in [0.2, 0.25) is 0 Å². The lowest BCUT2D eigenvalue weighted by atomic mass is 10.1. The van der Waals surface area contributed by atoms with Crippen LogP contribution in [0, 0.1) is 0 Å². The molecular formula is C12H11N3O5S. The van der Waals surface area contributed by atoms with E-state index in [4.69, 9.17) is 15.9 Å². The number of hydrogen-bond donors (Lipinski definition) is 4. The minimum Gasteiger partial charge on any atom is -0.481 e. The summed E-state index contributed by atoms with van der Waals surface area (Å²) in [5.74, 6) is -3.39. The van der Waals surface area contributed by atoms with E-state index in [1.165, 1.54) is 23.5 Å². The Kier molecular flexibility index (Phi) is 4.03. The summed E-state index contributed by atoms with van der Waals surface area (Å²) in [6, 6.07) is 3.09. The van der Waals surface area contributed by atoms with Crippen LogP contribution in [-0.2, 0) is 9.59 Å². The molecule has 1 atom stereocenters. The maximum Gasteiger partial charge on any atom is 0.326 e. The van der Waals surface area contributed by atoms with Crippen LogP contribution >= 0.6 is 11.3 Å². The summed E-state index contributed by atoms with van der Waals surface area (Å²) in [6.07, 6.45) is -0.698. The second-order valence-corrected chi connectivity index (χ2v) is 5.26. The zero-order valence-electron chi connectivity index (χ0n) is 10.6. The highest BCUT2D eigenvalue weighted by Crippen LogP contribution is 2.24. The first-order chi connectivity index (χ1) is 9.86. The lowest BCUT2D eigenvalue weighted by molar-refractivity contribution is -0.145. The Morgan fingerprint density at radius 1 is 1.33 bits per heavy atom. The van der Waals surface area contributed by atoms with Gasteiger partial charge in [0.1, 0.15) is 6.04 Å². The van der Waals surface area contributed by atoms with Gasteiger partial charge in [0.05, 0.1) is 16.6 Å². The van der Waals surface area contributed by atoms with Crippen molar-refractivity contribution in [3.05, 3.63) is 23.8 Å². The number of rotatable bonds is 5. The predicted octanol–water partition coefficient (Wildman–Crippen LogP) is 0.536. The molecular weight excluding hydrogens is 298 g/mol. The molecule has 0 aliphatic heterocycles. The number of nitrogens with two attached hydrogens (primary N) is 1. The Balaban J connectivity index is 2.20. The van der Waals surface area contributed by atoms with Gasteiger partial charge in [-0.25, -0.2) is 9.78 Å². The molecule has 1 unspecified atom stereocenters. The molecule has 9 heteroatoms. The van der Waals surface area contributed by atoms with E-state index < -0.39 is 30.3 Å². The highest BCUT2D eigenvalue weighted by atomic mass is 32.1. The number of nitrogens with one attached hydrogen (secondary N) is 1.